The number of esters is 1. The van der Waals surface area contributed by atoms with Crippen LogP contribution in [0.25, 0.3) is 0 Å². The zero-order valence-corrected chi connectivity index (χ0v) is 16.5. The van der Waals surface area contributed by atoms with Crippen molar-refractivity contribution in [2.75, 3.05) is 11.9 Å². The summed E-state index contributed by atoms with van der Waals surface area (Å²) in [6.07, 6.45) is 0. The van der Waals surface area contributed by atoms with E-state index >= 15 is 0 Å². The minimum Gasteiger partial charge on any atom is -0.452 e. The number of anilines is 1. The van der Waals surface area contributed by atoms with E-state index in [2.05, 4.69) is 10.4 Å². The van der Waals surface area contributed by atoms with Crippen molar-refractivity contribution < 1.29 is 19.2 Å². The molecular formula is C21H20N4O5. The first kappa shape index (κ1) is 20.7. The molecule has 1 N–H and O–H groups in total. The molecule has 30 heavy (non-hydrogen) atoms. The molecule has 0 atom stereocenters. The van der Waals surface area contributed by atoms with Crippen LogP contribution in [0.15, 0.2) is 54.6 Å². The van der Waals surface area contributed by atoms with Crippen LogP contribution in [0.4, 0.5) is 11.4 Å². The number of benzene rings is 2. The van der Waals surface area contributed by atoms with Gasteiger partial charge in [0.15, 0.2) is 6.61 Å². The molecule has 0 aliphatic carbocycles. The third-order valence-corrected chi connectivity index (χ3v) is 4.44. The summed E-state index contributed by atoms with van der Waals surface area (Å²) in [4.78, 5) is 34.8. The zero-order chi connectivity index (χ0) is 21.7. The first-order chi connectivity index (χ1) is 14.3. The second-order valence-electron chi connectivity index (χ2n) is 6.62. The third-order valence-electron chi connectivity index (χ3n) is 4.44. The molecule has 0 spiro atoms. The summed E-state index contributed by atoms with van der Waals surface area (Å²) in [6, 6.07) is 15.2. The van der Waals surface area contributed by atoms with Crippen LogP contribution in [-0.2, 0) is 16.1 Å². The van der Waals surface area contributed by atoms with E-state index in [1.165, 1.54) is 24.3 Å². The van der Waals surface area contributed by atoms with Crippen LogP contribution in [0.3, 0.4) is 0 Å². The highest BCUT2D eigenvalue weighted by Gasteiger charge is 2.21. The number of carbonyl (C=O) groups is 2. The topological polar surface area (TPSA) is 116 Å². The number of nitrogens with one attached hydrogen (secondary N) is 1. The van der Waals surface area contributed by atoms with Crippen molar-refractivity contribution in [2.24, 2.45) is 0 Å². The lowest BCUT2D eigenvalue weighted by atomic mass is 10.2. The molecule has 0 saturated heterocycles. The Kier molecular flexibility index (Phi) is 6.21. The van der Waals surface area contributed by atoms with Gasteiger partial charge in [-0.1, -0.05) is 36.4 Å². The molecule has 0 unspecified atom stereocenters. The van der Waals surface area contributed by atoms with Crippen LogP contribution in [-0.4, -0.2) is 33.2 Å². The van der Waals surface area contributed by atoms with Crippen LogP contribution in [0.5, 0.6) is 0 Å². The molecule has 2 aromatic carbocycles. The third kappa shape index (κ3) is 4.88. The molecular weight excluding hydrogens is 388 g/mol. The van der Waals surface area contributed by atoms with Gasteiger partial charge in [0.1, 0.15) is 5.56 Å². The lowest BCUT2D eigenvalue weighted by Crippen LogP contribution is -2.21. The van der Waals surface area contributed by atoms with Gasteiger partial charge < -0.3 is 10.1 Å². The summed E-state index contributed by atoms with van der Waals surface area (Å²) in [5.74, 6) is -1.26. The molecule has 1 heterocycles. The molecule has 3 rings (SSSR count). The van der Waals surface area contributed by atoms with Crippen molar-refractivity contribution in [3.63, 3.8) is 0 Å². The zero-order valence-electron chi connectivity index (χ0n) is 16.5. The predicted molar refractivity (Wildman–Crippen MR) is 109 cm³/mol. The number of nitrogens with zero attached hydrogens (tertiary/aromatic N) is 3. The summed E-state index contributed by atoms with van der Waals surface area (Å²) in [7, 11) is 0. The van der Waals surface area contributed by atoms with Gasteiger partial charge in [0, 0.05) is 17.8 Å². The number of hydrogen-bond acceptors (Lipinski definition) is 6. The number of nitro benzene ring substituents is 1. The Labute approximate surface area is 172 Å². The van der Waals surface area contributed by atoms with Crippen molar-refractivity contribution in [3.8, 4) is 0 Å². The highest BCUT2D eigenvalue weighted by molar-refractivity contribution is 5.96. The second-order valence-corrected chi connectivity index (χ2v) is 6.62. The highest BCUT2D eigenvalue weighted by Crippen LogP contribution is 2.18. The Morgan fingerprint density at radius 3 is 2.57 bits per heavy atom. The van der Waals surface area contributed by atoms with E-state index in [-0.39, 0.29) is 11.4 Å². The van der Waals surface area contributed by atoms with Gasteiger partial charge in [0.05, 0.1) is 22.9 Å². The van der Waals surface area contributed by atoms with Crippen LogP contribution >= 0.6 is 0 Å². The van der Waals surface area contributed by atoms with Crippen molar-refractivity contribution in [2.45, 2.75) is 20.4 Å². The number of aromatic nitrogens is 2. The van der Waals surface area contributed by atoms with Gasteiger partial charge in [-0.2, -0.15) is 5.10 Å². The van der Waals surface area contributed by atoms with Crippen LogP contribution in [0.2, 0.25) is 0 Å². The molecule has 0 saturated carbocycles. The van der Waals surface area contributed by atoms with Crippen molar-refractivity contribution in [3.05, 3.63) is 87.2 Å². The Morgan fingerprint density at radius 2 is 1.87 bits per heavy atom. The number of ether oxygens (including phenoxy) is 1. The monoisotopic (exact) mass is 408 g/mol. The molecule has 0 aliphatic rings. The summed E-state index contributed by atoms with van der Waals surface area (Å²) in [5, 5.41) is 17.7. The Bertz CT molecular complexity index is 1090. The smallest absolute Gasteiger partial charge is 0.342 e. The van der Waals surface area contributed by atoms with E-state index in [0.29, 0.717) is 23.5 Å². The molecule has 3 aromatic rings. The Morgan fingerprint density at radius 1 is 1.13 bits per heavy atom. The highest BCUT2D eigenvalue weighted by atomic mass is 16.6. The fourth-order valence-electron chi connectivity index (χ4n) is 3.00. The minimum absolute atomic E-state index is 0.151. The number of non-ortho nitro benzene ring substituents is 1. The average molecular weight is 408 g/mol. The lowest BCUT2D eigenvalue weighted by Gasteiger charge is -2.08. The van der Waals surface area contributed by atoms with Gasteiger partial charge in [-0.3, -0.25) is 19.6 Å². The summed E-state index contributed by atoms with van der Waals surface area (Å²) < 4.78 is 6.84. The maximum absolute atomic E-state index is 12.5. The number of hydrogen-bond donors (Lipinski definition) is 1. The van der Waals surface area contributed by atoms with E-state index < -0.39 is 23.4 Å². The number of rotatable bonds is 7. The predicted octanol–water partition coefficient (Wildman–Crippen LogP) is 3.25. The first-order valence-electron chi connectivity index (χ1n) is 9.14. The van der Waals surface area contributed by atoms with Gasteiger partial charge in [0.25, 0.3) is 11.6 Å². The van der Waals surface area contributed by atoms with Gasteiger partial charge in [0.2, 0.25) is 0 Å². The minimum atomic E-state index is -0.654. The number of amides is 1. The quantitative estimate of drug-likeness (QED) is 0.364. The molecule has 0 bridgehead atoms. The van der Waals surface area contributed by atoms with Gasteiger partial charge >= 0.3 is 5.97 Å². The van der Waals surface area contributed by atoms with Crippen molar-refractivity contribution >= 4 is 23.3 Å². The molecule has 9 heteroatoms. The molecule has 0 radical (unpaired) electrons. The number of nitro groups is 1. The van der Waals surface area contributed by atoms with E-state index in [1.54, 1.807) is 18.5 Å². The van der Waals surface area contributed by atoms with Crippen molar-refractivity contribution in [1.29, 1.82) is 0 Å². The number of aryl methyl sites for hydroxylation is 1. The molecule has 0 aliphatic heterocycles. The summed E-state index contributed by atoms with van der Waals surface area (Å²) in [5.41, 5.74) is 2.59. The largest absolute Gasteiger partial charge is 0.452 e. The Hall–Kier alpha value is -4.01. The van der Waals surface area contributed by atoms with Gasteiger partial charge in [-0.15, -0.1) is 0 Å². The molecule has 9 nitrogen and oxygen atoms in total. The van der Waals surface area contributed by atoms with E-state index in [1.807, 2.05) is 30.3 Å². The van der Waals surface area contributed by atoms with Crippen LogP contribution < -0.4 is 5.32 Å². The molecule has 0 fully saturated rings. The maximum atomic E-state index is 12.5. The van der Waals surface area contributed by atoms with E-state index in [4.69, 9.17) is 4.74 Å². The maximum Gasteiger partial charge on any atom is 0.342 e. The second kappa shape index (κ2) is 8.99. The van der Waals surface area contributed by atoms with E-state index in [9.17, 15) is 19.7 Å². The number of carbonyl (C=O) groups excluding carboxylic acids is 2. The Balaban J connectivity index is 1.63. The normalized spacial score (nSPS) is 10.5. The molecule has 1 amide bonds. The fourth-order valence-corrected chi connectivity index (χ4v) is 3.00. The van der Waals surface area contributed by atoms with Crippen LogP contribution in [0, 0.1) is 24.0 Å². The van der Waals surface area contributed by atoms with Gasteiger partial charge in [-0.05, 0) is 25.5 Å². The SMILES string of the molecule is Cc1nn(Cc2ccccc2)c(C)c1C(=O)OCC(=O)Nc1cccc([N+](=O)[O-])c1. The van der Waals surface area contributed by atoms with Crippen molar-refractivity contribution in [1.82, 2.24) is 9.78 Å². The van der Waals surface area contributed by atoms with E-state index in [0.717, 1.165) is 5.56 Å². The summed E-state index contributed by atoms with van der Waals surface area (Å²) in [6.45, 7) is 3.45. The van der Waals surface area contributed by atoms with Crippen LogP contribution in [0.1, 0.15) is 27.3 Å². The fraction of sp³-hybridized carbons (Fsp3) is 0.190. The lowest BCUT2D eigenvalue weighted by molar-refractivity contribution is -0.384. The molecule has 1 aromatic heterocycles. The molecule has 154 valence electrons. The summed E-state index contributed by atoms with van der Waals surface area (Å²) >= 11 is 0. The standard InChI is InChI=1S/C21H20N4O5/c1-14-20(15(2)24(23-14)12-16-7-4-3-5-8-16)21(27)30-13-19(26)22-17-9-6-10-18(11-17)25(28)29/h3-11H,12-13H2,1-2H3,(H,22,26). The average Bonchev–Trinajstić information content (AvgIpc) is 3.00. The van der Waals surface area contributed by atoms with Gasteiger partial charge in [-0.25, -0.2) is 4.79 Å². The first-order valence-corrected chi connectivity index (χ1v) is 9.14.